The van der Waals surface area contributed by atoms with Crippen molar-refractivity contribution < 1.29 is 44.8 Å². The summed E-state index contributed by atoms with van der Waals surface area (Å²) in [5.74, 6) is 0. The zero-order valence-electron chi connectivity index (χ0n) is 22.4. The minimum absolute atomic E-state index is 0.363. The molecule has 0 aromatic heterocycles. The molecule has 12 heteroatoms. The van der Waals surface area contributed by atoms with Crippen molar-refractivity contribution in [1.29, 1.82) is 0 Å². The van der Waals surface area contributed by atoms with Gasteiger partial charge < -0.3 is 31.6 Å². The topological polar surface area (TPSA) is 67.9 Å². The van der Waals surface area contributed by atoms with Crippen molar-refractivity contribution >= 4 is 22.6 Å². The van der Waals surface area contributed by atoms with E-state index in [0.29, 0.717) is 31.1 Å². The lowest BCUT2D eigenvalue weighted by Gasteiger charge is -2.28. The van der Waals surface area contributed by atoms with Crippen molar-refractivity contribution in [2.24, 2.45) is 0 Å². The normalized spacial score (nSPS) is 16.0. The Labute approximate surface area is 216 Å². The lowest BCUT2D eigenvalue weighted by Crippen LogP contribution is -2.56. The predicted octanol–water partition coefficient (Wildman–Crippen LogP) is 4.90. The molecule has 1 aromatic rings. The van der Waals surface area contributed by atoms with Crippen LogP contribution in [-0.2, 0) is 37.8 Å². The minimum atomic E-state index is -4.36. The van der Waals surface area contributed by atoms with Crippen LogP contribution < -0.4 is 5.19 Å². The molecular formula is C24H43F3O7Si2. The van der Waals surface area contributed by atoms with Gasteiger partial charge in [0.05, 0.1) is 18.8 Å². The monoisotopic (exact) mass is 556 g/mol. The van der Waals surface area contributed by atoms with Gasteiger partial charge in [0.25, 0.3) is 0 Å². The molecule has 0 aliphatic carbocycles. The fourth-order valence-corrected chi connectivity index (χ4v) is 8.32. The molecule has 210 valence electrons. The summed E-state index contributed by atoms with van der Waals surface area (Å²) in [6.45, 7) is 16.5. The fraction of sp³-hybridized carbons (Fsp3) is 0.750. The molecule has 7 nitrogen and oxygen atoms in total. The standard InChI is InChI=1S/C13H19F3O3Si.C11H24O4Si/c1-4-17-20(18-5-2,19-6-3)12-9-7-11(8-10-12)13(14,15)16;1-4-14-16(3,15-5-2)8-6-7-12-9-11-10-13-11/h7-10H,4-6H2,1-3H3;11H,4-10H2,1-3H3. The first-order chi connectivity index (χ1) is 17.1. The Morgan fingerprint density at radius 1 is 0.833 bits per heavy atom. The van der Waals surface area contributed by atoms with Gasteiger partial charge in [0.15, 0.2) is 0 Å². The Kier molecular flexibility index (Phi) is 15.6. The maximum Gasteiger partial charge on any atom is 0.537 e. The van der Waals surface area contributed by atoms with Crippen LogP contribution in [0.2, 0.25) is 12.6 Å². The molecule has 1 fully saturated rings. The number of hydrogen-bond acceptors (Lipinski definition) is 7. The average Bonchev–Trinajstić information content (AvgIpc) is 3.64. The molecule has 0 radical (unpaired) electrons. The number of benzene rings is 1. The second kappa shape index (κ2) is 16.9. The largest absolute Gasteiger partial charge is 0.537 e. The van der Waals surface area contributed by atoms with Gasteiger partial charge in [-0.2, -0.15) is 13.2 Å². The van der Waals surface area contributed by atoms with E-state index in [2.05, 4.69) is 6.55 Å². The van der Waals surface area contributed by atoms with E-state index < -0.39 is 29.1 Å². The summed E-state index contributed by atoms with van der Waals surface area (Å²) in [7, 11) is -5.04. The van der Waals surface area contributed by atoms with E-state index in [4.69, 9.17) is 31.6 Å². The molecule has 1 unspecified atom stereocenters. The van der Waals surface area contributed by atoms with Crippen molar-refractivity contribution in [2.45, 2.75) is 65.9 Å². The van der Waals surface area contributed by atoms with Crippen molar-refractivity contribution in [2.75, 3.05) is 52.9 Å². The highest BCUT2D eigenvalue weighted by atomic mass is 28.4. The van der Waals surface area contributed by atoms with Gasteiger partial charge in [-0.1, -0.05) is 12.1 Å². The third-order valence-electron chi connectivity index (χ3n) is 5.09. The summed E-state index contributed by atoms with van der Waals surface area (Å²) < 4.78 is 76.7. The van der Waals surface area contributed by atoms with Gasteiger partial charge in [-0.25, -0.2) is 0 Å². The predicted molar refractivity (Wildman–Crippen MR) is 137 cm³/mol. The molecule has 0 N–H and O–H groups in total. The van der Waals surface area contributed by atoms with E-state index in [1.165, 1.54) is 12.1 Å². The van der Waals surface area contributed by atoms with Crippen LogP contribution in [-0.4, -0.2) is 76.3 Å². The molecule has 0 saturated carbocycles. The highest BCUT2D eigenvalue weighted by Crippen LogP contribution is 2.28. The Morgan fingerprint density at radius 3 is 1.69 bits per heavy atom. The lowest BCUT2D eigenvalue weighted by atomic mass is 10.2. The van der Waals surface area contributed by atoms with Gasteiger partial charge in [-0.3, -0.25) is 0 Å². The fourth-order valence-electron chi connectivity index (χ4n) is 3.48. The summed E-state index contributed by atoms with van der Waals surface area (Å²) in [4.78, 5) is 0. The van der Waals surface area contributed by atoms with E-state index in [-0.39, 0.29) is 0 Å². The molecule has 1 aromatic carbocycles. The number of halogens is 3. The third kappa shape index (κ3) is 12.1. The summed E-state index contributed by atoms with van der Waals surface area (Å²) >= 11 is 0. The van der Waals surface area contributed by atoms with Crippen molar-refractivity contribution in [1.82, 2.24) is 0 Å². The molecule has 1 aliphatic heterocycles. The van der Waals surface area contributed by atoms with Crippen LogP contribution in [0.4, 0.5) is 13.2 Å². The maximum atomic E-state index is 12.6. The molecular weight excluding hydrogens is 513 g/mol. The number of hydrogen-bond donors (Lipinski definition) is 0. The van der Waals surface area contributed by atoms with E-state index in [1.807, 2.05) is 13.8 Å². The van der Waals surface area contributed by atoms with Crippen molar-refractivity contribution in [3.63, 3.8) is 0 Å². The molecule has 36 heavy (non-hydrogen) atoms. The van der Waals surface area contributed by atoms with Gasteiger partial charge in [0, 0.05) is 44.8 Å². The first-order valence-electron chi connectivity index (χ1n) is 12.7. The quantitative estimate of drug-likeness (QED) is 0.154. The van der Waals surface area contributed by atoms with Crippen LogP contribution in [0.25, 0.3) is 0 Å². The molecule has 1 heterocycles. The number of epoxide rings is 1. The van der Waals surface area contributed by atoms with Gasteiger partial charge >= 0.3 is 23.5 Å². The van der Waals surface area contributed by atoms with Gasteiger partial charge in [-0.15, -0.1) is 0 Å². The van der Waals surface area contributed by atoms with E-state index in [1.54, 1.807) is 20.8 Å². The molecule has 1 atom stereocenters. The van der Waals surface area contributed by atoms with Crippen LogP contribution in [0.3, 0.4) is 0 Å². The van der Waals surface area contributed by atoms with Crippen LogP contribution in [0.1, 0.15) is 46.6 Å². The van der Waals surface area contributed by atoms with Crippen LogP contribution >= 0.6 is 0 Å². The summed E-state index contributed by atoms with van der Waals surface area (Å²) in [5, 5.41) is 0.538. The molecule has 2 rings (SSSR count). The highest BCUT2D eigenvalue weighted by molar-refractivity contribution is 6.75. The zero-order chi connectivity index (χ0) is 27.1. The number of alkyl halides is 3. The SMILES string of the molecule is CCO[Si](C)(CCCOCC1CO1)OCC.CCO[Si](OCC)(OCC)c1ccc(C(F)(F)F)cc1. The smallest absolute Gasteiger partial charge is 0.395 e. The summed E-state index contributed by atoms with van der Waals surface area (Å²) in [6, 6.07) is 5.79. The maximum absolute atomic E-state index is 12.6. The molecule has 0 bridgehead atoms. The van der Waals surface area contributed by atoms with Gasteiger partial charge in [0.2, 0.25) is 0 Å². The number of rotatable bonds is 17. The average molecular weight is 557 g/mol. The second-order valence-electron chi connectivity index (χ2n) is 8.06. The molecule has 1 saturated heterocycles. The molecule has 1 aliphatic rings. The Bertz CT molecular complexity index is 681. The lowest BCUT2D eigenvalue weighted by molar-refractivity contribution is -0.137. The third-order valence-corrected chi connectivity index (χ3v) is 11.2. The minimum Gasteiger partial charge on any atom is -0.395 e. The first kappa shape index (κ1) is 33.2. The van der Waals surface area contributed by atoms with Crippen molar-refractivity contribution in [3.05, 3.63) is 29.8 Å². The first-order valence-corrected chi connectivity index (χ1v) is 16.9. The van der Waals surface area contributed by atoms with Crippen LogP contribution in [0.5, 0.6) is 0 Å². The van der Waals surface area contributed by atoms with E-state index in [9.17, 15) is 13.2 Å². The Hall–Kier alpha value is -0.836. The Morgan fingerprint density at radius 2 is 1.31 bits per heavy atom. The highest BCUT2D eigenvalue weighted by Gasteiger charge is 2.43. The van der Waals surface area contributed by atoms with Crippen LogP contribution in [0, 0.1) is 0 Å². The van der Waals surface area contributed by atoms with E-state index in [0.717, 1.165) is 57.6 Å². The molecule has 0 amide bonds. The number of ether oxygens (including phenoxy) is 2. The summed E-state index contributed by atoms with van der Waals surface area (Å²) in [5.41, 5.74) is -0.700. The van der Waals surface area contributed by atoms with E-state index >= 15 is 0 Å². The van der Waals surface area contributed by atoms with Crippen LogP contribution in [0.15, 0.2) is 24.3 Å². The zero-order valence-corrected chi connectivity index (χ0v) is 24.4. The molecule has 0 spiro atoms. The van der Waals surface area contributed by atoms with Crippen molar-refractivity contribution in [3.8, 4) is 0 Å². The second-order valence-corrected chi connectivity index (χ2v) is 14.0. The summed E-state index contributed by atoms with van der Waals surface area (Å²) in [6.07, 6.45) is -2.98. The Balaban J connectivity index is 0.000000369. The van der Waals surface area contributed by atoms with Gasteiger partial charge in [-0.05, 0) is 65.8 Å². The van der Waals surface area contributed by atoms with Gasteiger partial charge in [0.1, 0.15) is 6.10 Å².